The van der Waals surface area contributed by atoms with Gasteiger partial charge in [0.2, 0.25) is 0 Å². The molecule has 0 amide bonds. The quantitative estimate of drug-likeness (QED) is 0.270. The first-order chi connectivity index (χ1) is 10.6. The number of fused-ring (bicyclic) bond motifs is 3. The normalized spacial score (nSPS) is 11.4. The lowest BCUT2D eigenvalue weighted by Crippen LogP contribution is -1.91. The highest BCUT2D eigenvalue weighted by atomic mass is 79.9. The van der Waals surface area contributed by atoms with E-state index in [4.69, 9.17) is 0 Å². The molecule has 0 aliphatic carbocycles. The van der Waals surface area contributed by atoms with E-state index >= 15 is 0 Å². The minimum Gasteiger partial charge on any atom is -0.221 e. The molecule has 0 saturated carbocycles. The summed E-state index contributed by atoms with van der Waals surface area (Å²) in [6.45, 7) is 0. The van der Waals surface area contributed by atoms with Gasteiger partial charge in [0.1, 0.15) is 9.21 Å². The van der Waals surface area contributed by atoms with E-state index in [0.717, 1.165) is 19.2 Å². The summed E-state index contributed by atoms with van der Waals surface area (Å²) < 4.78 is 4.98. The van der Waals surface area contributed by atoms with Crippen LogP contribution < -0.4 is 0 Å². The Morgan fingerprint density at radius 3 is 2.32 bits per heavy atom. The van der Waals surface area contributed by atoms with Crippen molar-refractivity contribution in [3.05, 3.63) is 56.1 Å². The molecular weight excluding hydrogens is 492 g/mol. The van der Waals surface area contributed by atoms with Crippen LogP contribution in [0.1, 0.15) is 0 Å². The van der Waals surface area contributed by atoms with Crippen LogP contribution in [-0.4, -0.2) is 9.97 Å². The summed E-state index contributed by atoms with van der Waals surface area (Å²) in [5, 5.41) is 2.50. The molecular formula is C16H7Br3N2S. The maximum absolute atomic E-state index is 4.54. The summed E-state index contributed by atoms with van der Waals surface area (Å²) in [6.07, 6.45) is 0. The summed E-state index contributed by atoms with van der Waals surface area (Å²) in [7, 11) is 0. The first-order valence-electron chi connectivity index (χ1n) is 6.44. The van der Waals surface area contributed by atoms with Gasteiger partial charge in [0.25, 0.3) is 0 Å². The summed E-state index contributed by atoms with van der Waals surface area (Å²) in [5.74, 6) is 0.699. The molecule has 2 aromatic carbocycles. The van der Waals surface area contributed by atoms with Gasteiger partial charge < -0.3 is 0 Å². The van der Waals surface area contributed by atoms with Crippen molar-refractivity contribution in [2.45, 2.75) is 0 Å². The van der Waals surface area contributed by atoms with Crippen LogP contribution in [0.5, 0.6) is 0 Å². The van der Waals surface area contributed by atoms with Crippen LogP contribution >= 0.6 is 59.1 Å². The number of hydrogen-bond donors (Lipinski definition) is 0. The lowest BCUT2D eigenvalue weighted by atomic mass is 10.1. The number of halogens is 3. The maximum atomic E-state index is 4.54. The van der Waals surface area contributed by atoms with Crippen LogP contribution in [0.2, 0.25) is 0 Å². The molecule has 0 N–H and O–H groups in total. The van der Waals surface area contributed by atoms with E-state index in [2.05, 4.69) is 94.2 Å². The Morgan fingerprint density at radius 1 is 0.818 bits per heavy atom. The van der Waals surface area contributed by atoms with Crippen molar-refractivity contribution in [2.24, 2.45) is 0 Å². The third-order valence-corrected chi connectivity index (χ3v) is 6.06. The fourth-order valence-electron chi connectivity index (χ4n) is 2.48. The molecule has 0 unspecified atom stereocenters. The van der Waals surface area contributed by atoms with Crippen molar-refractivity contribution in [3.8, 4) is 11.4 Å². The van der Waals surface area contributed by atoms with Crippen LogP contribution in [0.25, 0.3) is 31.6 Å². The highest BCUT2D eigenvalue weighted by molar-refractivity contribution is 9.11. The molecule has 4 aromatic rings. The standard InChI is InChI=1S/C16H7Br3N2S/c17-10-6-5-9-8-3-1-2-4-11(8)22-15(9)14(10)16-20-12(18)7-13(19)21-16/h1-7H. The van der Waals surface area contributed by atoms with Crippen LogP contribution in [0.3, 0.4) is 0 Å². The Hall–Kier alpha value is -0.820. The lowest BCUT2D eigenvalue weighted by Gasteiger charge is -2.06. The first-order valence-corrected chi connectivity index (χ1v) is 9.63. The Bertz CT molecular complexity index is 1010. The van der Waals surface area contributed by atoms with Gasteiger partial charge in [0.15, 0.2) is 5.82 Å². The van der Waals surface area contributed by atoms with Gasteiger partial charge in [-0.3, -0.25) is 0 Å². The van der Waals surface area contributed by atoms with E-state index < -0.39 is 0 Å². The molecule has 0 fully saturated rings. The minimum absolute atomic E-state index is 0.699. The van der Waals surface area contributed by atoms with Crippen molar-refractivity contribution < 1.29 is 0 Å². The van der Waals surface area contributed by atoms with E-state index in [1.165, 1.54) is 20.2 Å². The van der Waals surface area contributed by atoms with E-state index in [1.54, 1.807) is 11.3 Å². The van der Waals surface area contributed by atoms with Gasteiger partial charge in [-0.2, -0.15) is 0 Å². The number of nitrogens with zero attached hydrogens (tertiary/aromatic N) is 2. The molecule has 0 spiro atoms. The highest BCUT2D eigenvalue weighted by Crippen LogP contribution is 2.42. The number of thiophene rings is 1. The second-order valence-corrected chi connectivity index (χ2v) is 8.27. The second-order valence-electron chi connectivity index (χ2n) is 4.73. The first kappa shape index (κ1) is 14.8. The summed E-state index contributed by atoms with van der Waals surface area (Å²) in [6, 6.07) is 14.5. The number of aromatic nitrogens is 2. The van der Waals surface area contributed by atoms with Crippen LogP contribution in [0.15, 0.2) is 56.1 Å². The molecule has 2 aromatic heterocycles. The molecule has 22 heavy (non-hydrogen) atoms. The van der Waals surface area contributed by atoms with E-state index in [0.29, 0.717) is 5.82 Å². The fraction of sp³-hybridized carbons (Fsp3) is 0. The van der Waals surface area contributed by atoms with Gasteiger partial charge in [0.05, 0.1) is 5.56 Å². The minimum atomic E-state index is 0.699. The largest absolute Gasteiger partial charge is 0.221 e. The zero-order chi connectivity index (χ0) is 15.3. The summed E-state index contributed by atoms with van der Waals surface area (Å²) in [4.78, 5) is 9.08. The Kier molecular flexibility index (Phi) is 3.80. The molecule has 0 radical (unpaired) electrons. The van der Waals surface area contributed by atoms with Gasteiger partial charge in [-0.25, -0.2) is 9.97 Å². The Balaban J connectivity index is 2.14. The Morgan fingerprint density at radius 2 is 1.55 bits per heavy atom. The molecule has 0 atom stereocenters. The third kappa shape index (κ3) is 2.42. The predicted molar refractivity (Wildman–Crippen MR) is 103 cm³/mol. The van der Waals surface area contributed by atoms with E-state index in [1.807, 2.05) is 6.07 Å². The zero-order valence-electron chi connectivity index (χ0n) is 11.0. The maximum Gasteiger partial charge on any atom is 0.164 e. The SMILES string of the molecule is Brc1cc(Br)nc(-c2c(Br)ccc3c2sc2ccccc23)n1. The molecule has 4 rings (SSSR count). The number of hydrogen-bond acceptors (Lipinski definition) is 3. The zero-order valence-corrected chi connectivity index (χ0v) is 16.6. The molecule has 0 aliphatic rings. The van der Waals surface area contributed by atoms with Crippen molar-refractivity contribution >= 4 is 79.3 Å². The predicted octanol–water partition coefficient (Wildman–Crippen LogP) is 6.80. The number of rotatable bonds is 1. The molecule has 0 bridgehead atoms. The van der Waals surface area contributed by atoms with Gasteiger partial charge >= 0.3 is 0 Å². The average Bonchev–Trinajstić information content (AvgIpc) is 2.84. The highest BCUT2D eigenvalue weighted by Gasteiger charge is 2.16. The second kappa shape index (κ2) is 5.67. The number of benzene rings is 2. The molecule has 2 heterocycles. The smallest absolute Gasteiger partial charge is 0.164 e. The van der Waals surface area contributed by atoms with Crippen LogP contribution in [-0.2, 0) is 0 Å². The van der Waals surface area contributed by atoms with Gasteiger partial charge in [-0.05, 0) is 59.9 Å². The van der Waals surface area contributed by atoms with E-state index in [9.17, 15) is 0 Å². The molecule has 0 aliphatic heterocycles. The van der Waals surface area contributed by atoms with Gasteiger partial charge in [-0.1, -0.05) is 24.3 Å². The third-order valence-electron chi connectivity index (χ3n) is 3.38. The van der Waals surface area contributed by atoms with Gasteiger partial charge in [0, 0.05) is 30.7 Å². The topological polar surface area (TPSA) is 25.8 Å². The van der Waals surface area contributed by atoms with Crippen molar-refractivity contribution in [1.29, 1.82) is 0 Å². The van der Waals surface area contributed by atoms with E-state index in [-0.39, 0.29) is 0 Å². The monoisotopic (exact) mass is 496 g/mol. The van der Waals surface area contributed by atoms with Crippen molar-refractivity contribution in [1.82, 2.24) is 9.97 Å². The van der Waals surface area contributed by atoms with Crippen molar-refractivity contribution in [2.75, 3.05) is 0 Å². The molecule has 6 heteroatoms. The fourth-order valence-corrected chi connectivity index (χ4v) is 5.44. The van der Waals surface area contributed by atoms with Gasteiger partial charge in [-0.15, -0.1) is 11.3 Å². The van der Waals surface area contributed by atoms with Crippen LogP contribution in [0.4, 0.5) is 0 Å². The summed E-state index contributed by atoms with van der Waals surface area (Å²) >= 11 is 12.3. The lowest BCUT2D eigenvalue weighted by molar-refractivity contribution is 1.12. The van der Waals surface area contributed by atoms with Crippen molar-refractivity contribution in [3.63, 3.8) is 0 Å². The average molecular weight is 499 g/mol. The molecule has 0 saturated heterocycles. The van der Waals surface area contributed by atoms with Crippen LogP contribution in [0, 0.1) is 0 Å². The summed E-state index contributed by atoms with van der Waals surface area (Å²) in [5.41, 5.74) is 1.03. The Labute approximate surface area is 156 Å². The molecule has 108 valence electrons. The molecule has 2 nitrogen and oxygen atoms in total.